The lowest BCUT2D eigenvalue weighted by atomic mass is 9.48. The summed E-state index contributed by atoms with van der Waals surface area (Å²) in [5.74, 6) is 1.69. The van der Waals surface area contributed by atoms with E-state index >= 15 is 0 Å². The predicted octanol–water partition coefficient (Wildman–Crippen LogP) is 4.28. The maximum Gasteiger partial charge on any atom is 0.118 e. The van der Waals surface area contributed by atoms with E-state index in [1.165, 1.54) is 101 Å². The van der Waals surface area contributed by atoms with Gasteiger partial charge in [0.1, 0.15) is 18.2 Å². The lowest BCUT2D eigenvalue weighted by molar-refractivity contribution is -0.995. The highest BCUT2D eigenvalue weighted by molar-refractivity contribution is 5.28. The van der Waals surface area contributed by atoms with Crippen LogP contribution in [0.4, 0.5) is 0 Å². The third-order valence-electron chi connectivity index (χ3n) is 10.1. The standard InChI is InChI=1S/C26H41N2O/c29-24-10-6-8-16-28-18-21-17-20-9-5-3-1-2-4-7-14-27-15-12-22(21)26(19-27,25(20)28)13-11-23(24)28/h1,3,17,21-25,29H,2,4-16,18-19H2/q+1/b3-1-/t21-,22-,23+,24-,25-,26-,28?/m0/s1. The van der Waals surface area contributed by atoms with Crippen molar-refractivity contribution in [2.24, 2.45) is 17.3 Å². The molecule has 0 radical (unpaired) electrons. The van der Waals surface area contributed by atoms with E-state index in [4.69, 9.17) is 0 Å². The summed E-state index contributed by atoms with van der Waals surface area (Å²) in [6.07, 6.45) is 21.8. The Kier molecular flexibility index (Phi) is 4.74. The Hall–Kier alpha value is -0.640. The molecule has 7 rings (SSSR count). The molecule has 0 saturated carbocycles. The van der Waals surface area contributed by atoms with Crippen LogP contribution in [0, 0.1) is 17.3 Å². The van der Waals surface area contributed by atoms with Gasteiger partial charge in [-0.25, -0.2) is 0 Å². The fourth-order valence-corrected chi connectivity index (χ4v) is 9.29. The van der Waals surface area contributed by atoms with Crippen molar-refractivity contribution in [2.75, 3.05) is 32.7 Å². The Morgan fingerprint density at radius 1 is 1.00 bits per heavy atom. The molecule has 7 aliphatic rings. The third kappa shape index (κ3) is 2.79. The number of aliphatic hydroxyl groups is 1. The van der Waals surface area contributed by atoms with Gasteiger partial charge in [-0.2, -0.15) is 0 Å². The van der Waals surface area contributed by atoms with Crippen molar-refractivity contribution >= 4 is 0 Å². The van der Waals surface area contributed by atoms with Crippen molar-refractivity contribution in [2.45, 2.75) is 88.8 Å². The Labute approximate surface area is 177 Å². The Morgan fingerprint density at radius 3 is 2.90 bits per heavy atom. The fourth-order valence-electron chi connectivity index (χ4n) is 9.29. The minimum Gasteiger partial charge on any atom is -0.387 e. The Morgan fingerprint density at radius 2 is 1.93 bits per heavy atom. The van der Waals surface area contributed by atoms with Crippen LogP contribution in [0.2, 0.25) is 0 Å². The Bertz CT molecular complexity index is 701. The summed E-state index contributed by atoms with van der Waals surface area (Å²) in [6, 6.07) is 1.22. The van der Waals surface area contributed by atoms with Gasteiger partial charge in [0, 0.05) is 24.3 Å². The van der Waals surface area contributed by atoms with Gasteiger partial charge in [0.25, 0.3) is 0 Å². The smallest absolute Gasteiger partial charge is 0.118 e. The van der Waals surface area contributed by atoms with E-state index in [1.54, 1.807) is 0 Å². The molecule has 0 amide bonds. The van der Waals surface area contributed by atoms with Crippen LogP contribution in [0.15, 0.2) is 23.8 Å². The molecule has 0 aromatic rings. The second kappa shape index (κ2) is 7.21. The highest BCUT2D eigenvalue weighted by atomic mass is 16.3. The lowest BCUT2D eigenvalue weighted by Gasteiger charge is -2.71. The van der Waals surface area contributed by atoms with Crippen LogP contribution in [0.1, 0.15) is 70.6 Å². The number of quaternary nitrogens is 1. The zero-order valence-corrected chi connectivity index (χ0v) is 18.3. The number of piperidine rings is 3. The normalized spacial score (nSPS) is 52.9. The summed E-state index contributed by atoms with van der Waals surface area (Å²) in [4.78, 5) is 2.86. The van der Waals surface area contributed by atoms with Crippen LogP contribution < -0.4 is 0 Å². The molecule has 6 aliphatic heterocycles. The molecule has 2 unspecified atom stereocenters. The molecule has 6 heterocycles. The molecule has 6 bridgehead atoms. The van der Waals surface area contributed by atoms with E-state index in [9.17, 15) is 5.11 Å². The first-order chi connectivity index (χ1) is 14.2. The van der Waals surface area contributed by atoms with Crippen LogP contribution in [-0.2, 0) is 0 Å². The van der Waals surface area contributed by atoms with Gasteiger partial charge >= 0.3 is 0 Å². The summed E-state index contributed by atoms with van der Waals surface area (Å²) in [7, 11) is 0. The first-order valence-electron chi connectivity index (χ1n) is 12.9. The minimum atomic E-state index is -0.0597. The first-order valence-corrected chi connectivity index (χ1v) is 12.9. The molecule has 1 N–H and O–H groups in total. The van der Waals surface area contributed by atoms with Crippen LogP contribution in [-0.4, -0.2) is 65.4 Å². The van der Waals surface area contributed by atoms with Gasteiger partial charge in [0.15, 0.2) is 0 Å². The third-order valence-corrected chi connectivity index (χ3v) is 10.1. The second-order valence-corrected chi connectivity index (χ2v) is 11.4. The molecule has 4 fully saturated rings. The number of aliphatic hydroxyl groups excluding tert-OH is 1. The lowest BCUT2D eigenvalue weighted by Crippen LogP contribution is -2.81. The monoisotopic (exact) mass is 397 g/mol. The van der Waals surface area contributed by atoms with Crippen LogP contribution in [0.5, 0.6) is 0 Å². The van der Waals surface area contributed by atoms with Gasteiger partial charge in [-0.15, -0.1) is 0 Å². The zero-order chi connectivity index (χ0) is 19.5. The molecule has 3 nitrogen and oxygen atoms in total. The second-order valence-electron chi connectivity index (χ2n) is 11.4. The van der Waals surface area contributed by atoms with Crippen molar-refractivity contribution in [3.63, 3.8) is 0 Å². The molecule has 0 aromatic carbocycles. The summed E-state index contributed by atoms with van der Waals surface area (Å²) in [5, 5.41) is 11.2. The summed E-state index contributed by atoms with van der Waals surface area (Å²) in [5.41, 5.74) is 2.31. The van der Waals surface area contributed by atoms with E-state index in [1.807, 2.05) is 5.57 Å². The van der Waals surface area contributed by atoms with Crippen molar-refractivity contribution in [3.05, 3.63) is 23.8 Å². The highest BCUT2D eigenvalue weighted by Crippen LogP contribution is 2.64. The predicted molar refractivity (Wildman–Crippen MR) is 117 cm³/mol. The molecule has 3 heteroatoms. The molecule has 160 valence electrons. The van der Waals surface area contributed by atoms with Gasteiger partial charge in [0.05, 0.1) is 13.1 Å². The molecule has 1 aliphatic carbocycles. The van der Waals surface area contributed by atoms with E-state index in [0.29, 0.717) is 17.5 Å². The van der Waals surface area contributed by atoms with E-state index in [0.717, 1.165) is 18.3 Å². The summed E-state index contributed by atoms with van der Waals surface area (Å²) in [6.45, 7) is 6.68. The molecule has 2 spiro atoms. The molecule has 29 heavy (non-hydrogen) atoms. The molecular weight excluding hydrogens is 356 g/mol. The van der Waals surface area contributed by atoms with Crippen LogP contribution >= 0.6 is 0 Å². The topological polar surface area (TPSA) is 23.5 Å². The minimum absolute atomic E-state index is 0.0597. The number of fused-ring (bicyclic) bond motifs is 1. The van der Waals surface area contributed by atoms with Gasteiger partial charge in [0.2, 0.25) is 0 Å². The Balaban J connectivity index is 1.46. The van der Waals surface area contributed by atoms with Crippen LogP contribution in [0.3, 0.4) is 0 Å². The largest absolute Gasteiger partial charge is 0.387 e. The van der Waals surface area contributed by atoms with E-state index in [-0.39, 0.29) is 6.10 Å². The SMILES string of the molecule is O[C@H]1CCCC[N+]23C[C@@H]4C=C5CC/C=C\CCCCN6CC[C@@H]4[C@](CC[C@H]12)(C6)[C@H]53. The van der Waals surface area contributed by atoms with Crippen LogP contribution in [0.25, 0.3) is 0 Å². The van der Waals surface area contributed by atoms with Crippen molar-refractivity contribution in [1.29, 1.82) is 0 Å². The van der Waals surface area contributed by atoms with E-state index in [2.05, 4.69) is 23.1 Å². The van der Waals surface area contributed by atoms with Gasteiger partial charge in [-0.1, -0.05) is 18.2 Å². The first kappa shape index (κ1) is 19.1. The maximum atomic E-state index is 11.2. The van der Waals surface area contributed by atoms with Gasteiger partial charge in [-0.3, -0.25) is 0 Å². The van der Waals surface area contributed by atoms with Crippen molar-refractivity contribution in [3.8, 4) is 0 Å². The number of hydrogen-bond donors (Lipinski definition) is 1. The number of hydrogen-bond acceptors (Lipinski definition) is 2. The number of rotatable bonds is 0. The number of allylic oxidation sites excluding steroid dienone is 2. The average Bonchev–Trinajstić information content (AvgIpc) is 2.86. The van der Waals surface area contributed by atoms with E-state index < -0.39 is 0 Å². The highest BCUT2D eigenvalue weighted by Gasteiger charge is 2.70. The average molecular weight is 398 g/mol. The van der Waals surface area contributed by atoms with Crippen molar-refractivity contribution in [1.82, 2.24) is 4.90 Å². The molecule has 8 atom stereocenters. The summed E-state index contributed by atoms with van der Waals surface area (Å²) < 4.78 is 1.28. The molecule has 4 saturated heterocycles. The maximum absolute atomic E-state index is 11.2. The quantitative estimate of drug-likeness (QED) is 0.487. The fraction of sp³-hybridized carbons (Fsp3) is 0.846. The number of nitrogens with zero attached hydrogens (tertiary/aromatic N) is 2. The molecule has 0 aromatic heterocycles. The van der Waals surface area contributed by atoms with Gasteiger partial charge in [-0.05, 0) is 88.8 Å². The van der Waals surface area contributed by atoms with Gasteiger partial charge < -0.3 is 14.5 Å². The molecular formula is C26H41N2O+. The zero-order valence-electron chi connectivity index (χ0n) is 18.3. The summed E-state index contributed by atoms with van der Waals surface area (Å²) >= 11 is 0. The van der Waals surface area contributed by atoms with Crippen molar-refractivity contribution < 1.29 is 9.59 Å².